The number of carbonyl (C=O) groups excluding carboxylic acids is 1. The Morgan fingerprint density at radius 3 is 2.42 bits per heavy atom. The van der Waals surface area contributed by atoms with Crippen molar-refractivity contribution in [1.82, 2.24) is 0 Å². The van der Waals surface area contributed by atoms with Gasteiger partial charge in [-0.3, -0.25) is 4.79 Å². The number of benzene rings is 3. The van der Waals surface area contributed by atoms with E-state index < -0.39 is 11.5 Å². The van der Waals surface area contributed by atoms with Crippen LogP contribution in [0.5, 0.6) is 5.75 Å². The minimum absolute atomic E-state index is 0.0610. The number of ether oxygens (including phenoxy) is 1. The molecule has 0 aliphatic rings. The SMILES string of the molecule is CCOc1ccccc1C(=O)Nc1c(NCc2ccccc2)c2ccccc2oc1=O. The molecule has 4 aromatic rings. The Morgan fingerprint density at radius 1 is 0.903 bits per heavy atom. The van der Waals surface area contributed by atoms with Crippen LogP contribution >= 0.6 is 0 Å². The zero-order valence-electron chi connectivity index (χ0n) is 17.1. The minimum Gasteiger partial charge on any atom is -0.493 e. The number of hydrogen-bond acceptors (Lipinski definition) is 5. The van der Waals surface area contributed by atoms with E-state index in [1.807, 2.05) is 49.4 Å². The molecule has 0 unspecified atom stereocenters. The van der Waals surface area contributed by atoms with Gasteiger partial charge in [0.1, 0.15) is 11.3 Å². The summed E-state index contributed by atoms with van der Waals surface area (Å²) in [4.78, 5) is 25.8. The Bertz CT molecular complexity index is 1270. The van der Waals surface area contributed by atoms with Crippen LogP contribution in [0.15, 0.2) is 88.1 Å². The maximum absolute atomic E-state index is 13.0. The van der Waals surface area contributed by atoms with Crippen LogP contribution in [0.2, 0.25) is 0 Å². The van der Waals surface area contributed by atoms with Crippen LogP contribution in [-0.4, -0.2) is 12.5 Å². The van der Waals surface area contributed by atoms with E-state index in [1.54, 1.807) is 36.4 Å². The van der Waals surface area contributed by atoms with E-state index in [1.165, 1.54) is 0 Å². The van der Waals surface area contributed by atoms with E-state index in [9.17, 15) is 9.59 Å². The summed E-state index contributed by atoms with van der Waals surface area (Å²) in [6, 6.07) is 23.9. The van der Waals surface area contributed by atoms with E-state index in [-0.39, 0.29) is 5.69 Å². The number of anilines is 2. The van der Waals surface area contributed by atoms with Crippen molar-refractivity contribution in [1.29, 1.82) is 0 Å². The molecule has 0 saturated heterocycles. The smallest absolute Gasteiger partial charge is 0.362 e. The van der Waals surface area contributed by atoms with Crippen molar-refractivity contribution in [3.63, 3.8) is 0 Å². The van der Waals surface area contributed by atoms with Crippen LogP contribution in [0.1, 0.15) is 22.8 Å². The average molecular weight is 414 g/mol. The molecule has 0 bridgehead atoms. The summed E-state index contributed by atoms with van der Waals surface area (Å²) in [6.45, 7) is 2.75. The van der Waals surface area contributed by atoms with Crippen molar-refractivity contribution in [2.24, 2.45) is 0 Å². The lowest BCUT2D eigenvalue weighted by Gasteiger charge is -2.15. The maximum Gasteiger partial charge on any atom is 0.362 e. The zero-order chi connectivity index (χ0) is 21.6. The van der Waals surface area contributed by atoms with Gasteiger partial charge < -0.3 is 19.8 Å². The molecule has 1 amide bonds. The van der Waals surface area contributed by atoms with Crippen LogP contribution in [0.3, 0.4) is 0 Å². The van der Waals surface area contributed by atoms with Gasteiger partial charge in [0.25, 0.3) is 5.91 Å². The second kappa shape index (κ2) is 9.17. The van der Waals surface area contributed by atoms with Gasteiger partial charge in [-0.15, -0.1) is 0 Å². The predicted octanol–water partition coefficient (Wildman–Crippen LogP) is 5.06. The molecule has 2 N–H and O–H groups in total. The molecule has 0 aliphatic carbocycles. The first-order valence-corrected chi connectivity index (χ1v) is 10.0. The molecule has 4 rings (SSSR count). The lowest BCUT2D eigenvalue weighted by atomic mass is 10.1. The van der Waals surface area contributed by atoms with Gasteiger partial charge in [0.2, 0.25) is 0 Å². The molecule has 0 fully saturated rings. The monoisotopic (exact) mass is 414 g/mol. The van der Waals surface area contributed by atoms with Gasteiger partial charge in [0, 0.05) is 11.9 Å². The molecule has 6 heteroatoms. The van der Waals surface area contributed by atoms with Crippen molar-refractivity contribution < 1.29 is 13.9 Å². The largest absolute Gasteiger partial charge is 0.493 e. The molecule has 0 saturated carbocycles. The quantitative estimate of drug-likeness (QED) is 0.413. The second-order valence-corrected chi connectivity index (χ2v) is 6.86. The van der Waals surface area contributed by atoms with Gasteiger partial charge >= 0.3 is 5.63 Å². The Kier molecular flexibility index (Phi) is 5.98. The summed E-state index contributed by atoms with van der Waals surface area (Å²) in [6.07, 6.45) is 0. The fraction of sp³-hybridized carbons (Fsp3) is 0.120. The van der Waals surface area contributed by atoms with E-state index in [4.69, 9.17) is 9.15 Å². The van der Waals surface area contributed by atoms with Crippen molar-refractivity contribution in [2.75, 3.05) is 17.2 Å². The third-order valence-electron chi connectivity index (χ3n) is 4.80. The number of carbonyl (C=O) groups is 1. The minimum atomic E-state index is -0.628. The normalized spacial score (nSPS) is 10.6. The van der Waals surface area contributed by atoms with Crippen LogP contribution < -0.4 is 21.0 Å². The van der Waals surface area contributed by atoms with E-state index in [0.29, 0.717) is 41.1 Å². The maximum atomic E-state index is 13.0. The molecule has 3 aromatic carbocycles. The fourth-order valence-electron chi connectivity index (χ4n) is 3.35. The van der Waals surface area contributed by atoms with Gasteiger partial charge in [-0.25, -0.2) is 4.79 Å². The van der Waals surface area contributed by atoms with Crippen molar-refractivity contribution in [3.05, 3.63) is 100 Å². The summed E-state index contributed by atoms with van der Waals surface area (Å²) < 4.78 is 11.0. The molecule has 156 valence electrons. The molecule has 1 heterocycles. The van der Waals surface area contributed by atoms with Gasteiger partial charge in [0.05, 0.1) is 17.9 Å². The topological polar surface area (TPSA) is 80.6 Å². The lowest BCUT2D eigenvalue weighted by molar-refractivity contribution is 0.102. The number of amides is 1. The van der Waals surface area contributed by atoms with Crippen molar-refractivity contribution >= 4 is 28.3 Å². The van der Waals surface area contributed by atoms with Crippen LogP contribution in [0, 0.1) is 0 Å². The number of hydrogen-bond donors (Lipinski definition) is 2. The highest BCUT2D eigenvalue weighted by molar-refractivity contribution is 6.09. The highest BCUT2D eigenvalue weighted by Crippen LogP contribution is 2.30. The molecule has 1 aromatic heterocycles. The lowest BCUT2D eigenvalue weighted by Crippen LogP contribution is -2.21. The summed E-state index contributed by atoms with van der Waals surface area (Å²) in [7, 11) is 0. The first kappa shape index (κ1) is 20.2. The third kappa shape index (κ3) is 4.43. The van der Waals surface area contributed by atoms with Gasteiger partial charge in [-0.1, -0.05) is 54.6 Å². The molecule has 0 radical (unpaired) electrons. The Morgan fingerprint density at radius 2 is 1.61 bits per heavy atom. The van der Waals surface area contributed by atoms with Crippen molar-refractivity contribution in [3.8, 4) is 5.75 Å². The van der Waals surface area contributed by atoms with Gasteiger partial charge in [-0.05, 0) is 36.8 Å². The van der Waals surface area contributed by atoms with E-state index >= 15 is 0 Å². The number of rotatable bonds is 7. The highest BCUT2D eigenvalue weighted by Gasteiger charge is 2.19. The first-order chi connectivity index (χ1) is 15.2. The Hall–Kier alpha value is -4.06. The number of fused-ring (bicyclic) bond motifs is 1. The molecule has 6 nitrogen and oxygen atoms in total. The van der Waals surface area contributed by atoms with E-state index in [0.717, 1.165) is 5.56 Å². The molecule has 0 spiro atoms. The molecule has 0 atom stereocenters. The molecular weight excluding hydrogens is 392 g/mol. The second-order valence-electron chi connectivity index (χ2n) is 6.86. The van der Waals surface area contributed by atoms with E-state index in [2.05, 4.69) is 10.6 Å². The molecular formula is C25H22N2O4. The highest BCUT2D eigenvalue weighted by atomic mass is 16.5. The third-order valence-corrected chi connectivity index (χ3v) is 4.80. The summed E-state index contributed by atoms with van der Waals surface area (Å²) in [5.74, 6) is 0.000800. The summed E-state index contributed by atoms with van der Waals surface area (Å²) in [5, 5.41) is 6.74. The Balaban J connectivity index is 1.74. The first-order valence-electron chi connectivity index (χ1n) is 10.0. The van der Waals surface area contributed by atoms with Crippen molar-refractivity contribution in [2.45, 2.75) is 13.5 Å². The standard InChI is InChI=1S/C25H22N2O4/c1-2-30-20-14-8-7-13-19(20)24(28)27-23-22(26-16-17-10-4-3-5-11-17)18-12-6-9-15-21(18)31-25(23)29/h3-15,26H,2,16H2,1H3,(H,27,28). The fourth-order valence-corrected chi connectivity index (χ4v) is 3.35. The average Bonchev–Trinajstić information content (AvgIpc) is 2.80. The number of para-hydroxylation sites is 2. The van der Waals surface area contributed by atoms with Crippen LogP contribution in [0.4, 0.5) is 11.4 Å². The van der Waals surface area contributed by atoms with Gasteiger partial charge in [0.15, 0.2) is 5.69 Å². The molecule has 31 heavy (non-hydrogen) atoms. The summed E-state index contributed by atoms with van der Waals surface area (Å²) in [5.41, 5.74) is 1.76. The zero-order valence-corrected chi connectivity index (χ0v) is 17.1. The summed E-state index contributed by atoms with van der Waals surface area (Å²) >= 11 is 0. The predicted molar refractivity (Wildman–Crippen MR) is 122 cm³/mol. The Labute approximate surface area is 179 Å². The van der Waals surface area contributed by atoms with Crippen LogP contribution in [-0.2, 0) is 6.54 Å². The van der Waals surface area contributed by atoms with Crippen LogP contribution in [0.25, 0.3) is 11.0 Å². The number of nitrogens with one attached hydrogen (secondary N) is 2. The molecule has 0 aliphatic heterocycles. The van der Waals surface area contributed by atoms with Gasteiger partial charge in [-0.2, -0.15) is 0 Å².